The van der Waals surface area contributed by atoms with Crippen LogP contribution in [0.3, 0.4) is 0 Å². The number of rotatable bonds is 5. The molecule has 0 fully saturated rings. The summed E-state index contributed by atoms with van der Waals surface area (Å²) in [6, 6.07) is 14.0. The van der Waals surface area contributed by atoms with Gasteiger partial charge in [0.1, 0.15) is 24.0 Å². The highest BCUT2D eigenvalue weighted by atomic mass is 16.5. The van der Waals surface area contributed by atoms with Crippen LogP contribution in [0.2, 0.25) is 0 Å². The van der Waals surface area contributed by atoms with Crippen LogP contribution in [0, 0.1) is 18.3 Å². The molecule has 27 heavy (non-hydrogen) atoms. The maximum Gasteiger partial charge on any atom is 0.338 e. The first-order chi connectivity index (χ1) is 13.0. The zero-order chi connectivity index (χ0) is 19.4. The molecule has 0 atom stereocenters. The number of hydrogen-bond acceptors (Lipinski definition) is 6. The Labute approximate surface area is 155 Å². The van der Waals surface area contributed by atoms with Gasteiger partial charge in [0.15, 0.2) is 11.6 Å². The van der Waals surface area contributed by atoms with Gasteiger partial charge in [0, 0.05) is 0 Å². The van der Waals surface area contributed by atoms with Crippen molar-refractivity contribution in [3.63, 3.8) is 0 Å². The first-order valence-corrected chi connectivity index (χ1v) is 8.12. The first-order valence-electron chi connectivity index (χ1n) is 8.12. The van der Waals surface area contributed by atoms with Crippen LogP contribution in [0.4, 0.5) is 0 Å². The molecule has 0 spiro atoms. The van der Waals surface area contributed by atoms with Crippen LogP contribution >= 0.6 is 0 Å². The number of H-pyrrole nitrogens is 1. The number of carbonyl (C=O) groups is 1. The predicted molar refractivity (Wildman–Crippen MR) is 99.3 cm³/mol. The van der Waals surface area contributed by atoms with Crippen LogP contribution in [-0.2, 0) is 4.74 Å². The summed E-state index contributed by atoms with van der Waals surface area (Å²) in [5.41, 5.74) is 2.48. The second kappa shape index (κ2) is 7.62. The van der Waals surface area contributed by atoms with Crippen LogP contribution in [0.15, 0.2) is 48.2 Å². The minimum absolute atomic E-state index is 0.0829. The molecule has 1 heterocycles. The average molecular weight is 363 g/mol. The van der Waals surface area contributed by atoms with Crippen molar-refractivity contribution in [3.05, 3.63) is 65.2 Å². The van der Waals surface area contributed by atoms with Crippen molar-refractivity contribution < 1.29 is 19.4 Å². The molecule has 3 rings (SSSR count). The van der Waals surface area contributed by atoms with Crippen LogP contribution < -0.4 is 4.74 Å². The molecule has 0 aliphatic heterocycles. The zero-order valence-corrected chi connectivity index (χ0v) is 14.8. The Morgan fingerprint density at radius 3 is 2.78 bits per heavy atom. The third-order valence-electron chi connectivity index (χ3n) is 4.01. The Balaban J connectivity index is 1.79. The number of ether oxygens (including phenoxy) is 2. The van der Waals surface area contributed by atoms with E-state index in [1.165, 1.54) is 7.11 Å². The zero-order valence-electron chi connectivity index (χ0n) is 14.8. The molecule has 3 aromatic rings. The molecule has 1 aromatic heterocycles. The molecule has 0 saturated carbocycles. The van der Waals surface area contributed by atoms with Crippen molar-refractivity contribution in [2.45, 2.75) is 6.92 Å². The van der Waals surface area contributed by atoms with Gasteiger partial charge in [-0.2, -0.15) is 5.26 Å². The molecule has 0 saturated heterocycles. The number of nitrogens with zero attached hydrogens (tertiary/aromatic N) is 2. The van der Waals surface area contributed by atoms with E-state index in [-0.39, 0.29) is 22.7 Å². The highest BCUT2D eigenvalue weighted by Crippen LogP contribution is 2.21. The lowest BCUT2D eigenvalue weighted by atomic mass is 10.1. The number of aryl methyl sites for hydroxylation is 1. The van der Waals surface area contributed by atoms with E-state index >= 15 is 0 Å². The van der Waals surface area contributed by atoms with Crippen molar-refractivity contribution >= 4 is 22.6 Å². The van der Waals surface area contributed by atoms with E-state index in [9.17, 15) is 15.2 Å². The van der Waals surface area contributed by atoms with Crippen molar-refractivity contribution in [1.82, 2.24) is 9.97 Å². The fourth-order valence-corrected chi connectivity index (χ4v) is 2.56. The van der Waals surface area contributed by atoms with E-state index in [4.69, 9.17) is 9.47 Å². The molecule has 7 nitrogen and oxygen atoms in total. The number of carbonyl (C=O) groups excluding carboxylic acids is 1. The molecule has 0 aliphatic carbocycles. The van der Waals surface area contributed by atoms with Crippen molar-refractivity contribution in [2.75, 3.05) is 13.7 Å². The molecule has 136 valence electrons. The maximum absolute atomic E-state index is 12.2. The van der Waals surface area contributed by atoms with Gasteiger partial charge in [-0.1, -0.05) is 18.2 Å². The average Bonchev–Trinajstić information content (AvgIpc) is 3.10. The number of allylic oxidation sites excluding steroid dienone is 1. The Kier molecular flexibility index (Phi) is 5.08. The number of nitriles is 1. The predicted octanol–water partition coefficient (Wildman–Crippen LogP) is 3.53. The summed E-state index contributed by atoms with van der Waals surface area (Å²) < 4.78 is 10.3. The summed E-state index contributed by atoms with van der Waals surface area (Å²) in [4.78, 5) is 19.4. The molecule has 0 aliphatic rings. The number of para-hydroxylation sites is 2. The number of fused-ring (bicyclic) bond motifs is 1. The Bertz CT molecular complexity index is 1040. The van der Waals surface area contributed by atoms with Gasteiger partial charge >= 0.3 is 5.97 Å². The topological polar surface area (TPSA) is 108 Å². The molecule has 2 aromatic carbocycles. The summed E-state index contributed by atoms with van der Waals surface area (Å²) in [5.74, 6) is -0.251. The first kappa shape index (κ1) is 18.0. The third kappa shape index (κ3) is 3.75. The van der Waals surface area contributed by atoms with Gasteiger partial charge in [-0.05, 0) is 36.8 Å². The number of aliphatic hydroxyl groups excluding tert-OH is 1. The summed E-state index contributed by atoms with van der Waals surface area (Å²) >= 11 is 0. The molecule has 0 amide bonds. The number of aliphatic hydroxyl groups is 1. The molecular formula is C20H17N3O4. The van der Waals surface area contributed by atoms with Gasteiger partial charge < -0.3 is 19.6 Å². The van der Waals surface area contributed by atoms with Gasteiger partial charge in [0.2, 0.25) is 0 Å². The molecule has 0 unspecified atom stereocenters. The smallest absolute Gasteiger partial charge is 0.338 e. The van der Waals surface area contributed by atoms with Crippen LogP contribution in [0.1, 0.15) is 21.7 Å². The minimum atomic E-state index is -0.637. The lowest BCUT2D eigenvalue weighted by Gasteiger charge is -2.08. The molecule has 0 bridgehead atoms. The van der Waals surface area contributed by atoms with Gasteiger partial charge in [-0.15, -0.1) is 0 Å². The number of hydrogen-bond donors (Lipinski definition) is 2. The number of aromatic amines is 1. The number of aromatic nitrogens is 2. The van der Waals surface area contributed by atoms with Gasteiger partial charge in [0.25, 0.3) is 0 Å². The Morgan fingerprint density at radius 1 is 1.30 bits per heavy atom. The van der Waals surface area contributed by atoms with Gasteiger partial charge in [0.05, 0.1) is 23.7 Å². The monoisotopic (exact) mass is 363 g/mol. The summed E-state index contributed by atoms with van der Waals surface area (Å²) in [6.45, 7) is 1.41. The van der Waals surface area contributed by atoms with Crippen molar-refractivity contribution in [1.29, 1.82) is 5.26 Å². The van der Waals surface area contributed by atoms with E-state index in [1.54, 1.807) is 24.3 Å². The second-order valence-electron chi connectivity index (χ2n) is 5.80. The van der Waals surface area contributed by atoms with E-state index < -0.39 is 12.6 Å². The van der Waals surface area contributed by atoms with E-state index in [0.29, 0.717) is 11.3 Å². The SMILES string of the molecule is COc1cc(C(=O)OC/C(O)=C(\C#N)c2nc3ccccc3[nH]2)ccc1C. The Hall–Kier alpha value is -3.79. The van der Waals surface area contributed by atoms with E-state index in [1.807, 2.05) is 31.2 Å². The van der Waals surface area contributed by atoms with Crippen molar-refractivity contribution in [2.24, 2.45) is 0 Å². The highest BCUT2D eigenvalue weighted by Gasteiger charge is 2.16. The summed E-state index contributed by atoms with van der Waals surface area (Å²) in [5, 5.41) is 19.6. The van der Waals surface area contributed by atoms with Gasteiger partial charge in [-0.3, -0.25) is 0 Å². The third-order valence-corrected chi connectivity index (χ3v) is 4.01. The number of methoxy groups -OCH3 is 1. The quantitative estimate of drug-likeness (QED) is 0.408. The van der Waals surface area contributed by atoms with E-state index in [0.717, 1.165) is 11.1 Å². The van der Waals surface area contributed by atoms with Gasteiger partial charge in [-0.25, -0.2) is 9.78 Å². The van der Waals surface area contributed by atoms with Crippen LogP contribution in [0.5, 0.6) is 5.75 Å². The lowest BCUT2D eigenvalue weighted by Crippen LogP contribution is -2.09. The van der Waals surface area contributed by atoms with Crippen LogP contribution in [0.25, 0.3) is 16.6 Å². The molecule has 0 radical (unpaired) electrons. The number of imidazole rings is 1. The second-order valence-corrected chi connectivity index (χ2v) is 5.80. The molecule has 2 N–H and O–H groups in total. The number of esters is 1. The number of nitrogens with one attached hydrogen (secondary N) is 1. The Morgan fingerprint density at radius 2 is 2.07 bits per heavy atom. The molecular weight excluding hydrogens is 346 g/mol. The van der Waals surface area contributed by atoms with Crippen LogP contribution in [-0.4, -0.2) is 34.8 Å². The fourth-order valence-electron chi connectivity index (χ4n) is 2.56. The maximum atomic E-state index is 12.2. The normalized spacial score (nSPS) is 11.6. The summed E-state index contributed by atoms with van der Waals surface area (Å²) in [6.07, 6.45) is 0. The minimum Gasteiger partial charge on any atom is -0.507 e. The van der Waals surface area contributed by atoms with E-state index in [2.05, 4.69) is 9.97 Å². The highest BCUT2D eigenvalue weighted by molar-refractivity contribution is 5.90. The summed E-state index contributed by atoms with van der Waals surface area (Å²) in [7, 11) is 1.51. The largest absolute Gasteiger partial charge is 0.507 e. The lowest BCUT2D eigenvalue weighted by molar-refractivity contribution is 0.0502. The standard InChI is InChI=1S/C20H17N3O4/c1-12-7-8-13(9-18(12)26-2)20(25)27-11-17(24)14(10-21)19-22-15-5-3-4-6-16(15)23-19/h3-9,24H,11H2,1-2H3,(H,22,23)/b17-14-. The number of benzene rings is 2. The molecule has 7 heteroatoms. The van der Waals surface area contributed by atoms with Crippen molar-refractivity contribution in [3.8, 4) is 11.8 Å². The fraction of sp³-hybridized carbons (Fsp3) is 0.150.